The highest BCUT2D eigenvalue weighted by Gasteiger charge is 2.38. The average molecular weight is 280 g/mol. The van der Waals surface area contributed by atoms with Crippen LogP contribution in [0.5, 0.6) is 0 Å². The fraction of sp³-hybridized carbons (Fsp3) is 0.867. The van der Waals surface area contributed by atoms with E-state index in [9.17, 15) is 0 Å². The van der Waals surface area contributed by atoms with Gasteiger partial charge in [-0.1, -0.05) is 13.8 Å². The third-order valence-corrected chi connectivity index (χ3v) is 4.15. The second-order valence-electron chi connectivity index (χ2n) is 5.87. The minimum Gasteiger partial charge on any atom is -0.374 e. The van der Waals surface area contributed by atoms with Gasteiger partial charge in [0.2, 0.25) is 0 Å². The van der Waals surface area contributed by atoms with Crippen molar-refractivity contribution in [3.05, 3.63) is 12.2 Å². The summed E-state index contributed by atoms with van der Waals surface area (Å²) in [4.78, 5) is 4.44. The van der Waals surface area contributed by atoms with Crippen molar-refractivity contribution < 1.29 is 4.74 Å². The average Bonchev–Trinajstić information content (AvgIpc) is 3.05. The van der Waals surface area contributed by atoms with E-state index in [0.29, 0.717) is 6.04 Å². The van der Waals surface area contributed by atoms with Crippen molar-refractivity contribution in [1.29, 1.82) is 0 Å². The van der Waals surface area contributed by atoms with Crippen molar-refractivity contribution in [2.24, 2.45) is 0 Å². The van der Waals surface area contributed by atoms with Gasteiger partial charge in [0.15, 0.2) is 0 Å². The van der Waals surface area contributed by atoms with Crippen molar-refractivity contribution in [2.75, 3.05) is 13.2 Å². The number of hydrogen-bond acceptors (Lipinski definition) is 4. The van der Waals surface area contributed by atoms with Gasteiger partial charge in [-0.25, -0.2) is 4.98 Å². The minimum absolute atomic E-state index is 0.0713. The maximum absolute atomic E-state index is 6.03. The predicted molar refractivity (Wildman–Crippen MR) is 79.7 cm³/mol. The van der Waals surface area contributed by atoms with E-state index in [1.54, 1.807) is 6.33 Å². The molecular weight excluding hydrogens is 252 g/mol. The van der Waals surface area contributed by atoms with E-state index >= 15 is 0 Å². The maximum atomic E-state index is 6.03. The zero-order valence-corrected chi connectivity index (χ0v) is 13.1. The highest BCUT2D eigenvalue weighted by atomic mass is 16.5. The van der Waals surface area contributed by atoms with E-state index in [0.717, 1.165) is 57.6 Å². The Labute approximate surface area is 122 Å². The third kappa shape index (κ3) is 3.58. The highest BCUT2D eigenvalue weighted by molar-refractivity contribution is 5.00. The second kappa shape index (κ2) is 7.18. The standard InChI is InChI=1S/C15H28N4O/c1-4-8-16-13(15(3)7-6-10-20-15)11-14-17-12-18-19(14)9-5-2/h12-13,16H,4-11H2,1-3H3. The largest absolute Gasteiger partial charge is 0.374 e. The Morgan fingerprint density at radius 3 is 2.95 bits per heavy atom. The van der Waals surface area contributed by atoms with Crippen molar-refractivity contribution in [3.8, 4) is 0 Å². The molecule has 1 N–H and O–H groups in total. The Bertz CT molecular complexity index is 398. The molecule has 5 heteroatoms. The van der Waals surface area contributed by atoms with Crippen LogP contribution in [0.2, 0.25) is 0 Å². The van der Waals surface area contributed by atoms with Crippen LogP contribution >= 0.6 is 0 Å². The molecule has 0 saturated carbocycles. The molecule has 1 aliphatic rings. The van der Waals surface area contributed by atoms with Gasteiger partial charge in [-0.05, 0) is 39.2 Å². The quantitative estimate of drug-likeness (QED) is 0.793. The minimum atomic E-state index is -0.0713. The van der Waals surface area contributed by atoms with Crippen LogP contribution in [-0.4, -0.2) is 39.6 Å². The summed E-state index contributed by atoms with van der Waals surface area (Å²) in [5, 5.41) is 7.98. The SMILES string of the molecule is CCCNC(Cc1ncnn1CCC)C1(C)CCCO1. The lowest BCUT2D eigenvalue weighted by Gasteiger charge is -2.34. The molecule has 0 bridgehead atoms. The zero-order chi connectivity index (χ0) is 14.4. The molecule has 0 amide bonds. The van der Waals surface area contributed by atoms with E-state index in [2.05, 4.69) is 36.2 Å². The van der Waals surface area contributed by atoms with Crippen LogP contribution in [0.15, 0.2) is 6.33 Å². The first-order valence-corrected chi connectivity index (χ1v) is 7.93. The summed E-state index contributed by atoms with van der Waals surface area (Å²) in [6.45, 7) is 9.43. The molecule has 0 aliphatic carbocycles. The number of rotatable bonds is 8. The molecule has 0 spiro atoms. The van der Waals surface area contributed by atoms with Crippen LogP contribution < -0.4 is 5.32 Å². The smallest absolute Gasteiger partial charge is 0.138 e. The first-order valence-electron chi connectivity index (χ1n) is 7.93. The van der Waals surface area contributed by atoms with Crippen LogP contribution in [0, 0.1) is 0 Å². The zero-order valence-electron chi connectivity index (χ0n) is 13.1. The molecule has 114 valence electrons. The van der Waals surface area contributed by atoms with Crippen LogP contribution in [0.1, 0.15) is 52.3 Å². The number of ether oxygens (including phenoxy) is 1. The van der Waals surface area contributed by atoms with Crippen molar-refractivity contribution in [3.63, 3.8) is 0 Å². The van der Waals surface area contributed by atoms with Crippen LogP contribution in [0.3, 0.4) is 0 Å². The number of hydrogen-bond donors (Lipinski definition) is 1. The number of nitrogens with one attached hydrogen (secondary N) is 1. The normalized spacial score (nSPS) is 24.1. The van der Waals surface area contributed by atoms with Gasteiger partial charge in [0.05, 0.1) is 5.60 Å². The summed E-state index contributed by atoms with van der Waals surface area (Å²) in [6.07, 6.45) is 7.04. The van der Waals surface area contributed by atoms with Gasteiger partial charge in [-0.2, -0.15) is 5.10 Å². The Balaban J connectivity index is 2.08. The van der Waals surface area contributed by atoms with E-state index in [1.165, 1.54) is 0 Å². The molecule has 1 fully saturated rings. The molecule has 2 rings (SSSR count). The van der Waals surface area contributed by atoms with Crippen molar-refractivity contribution >= 4 is 0 Å². The molecule has 1 aromatic heterocycles. The summed E-state index contributed by atoms with van der Waals surface area (Å²) in [7, 11) is 0. The van der Waals surface area contributed by atoms with E-state index in [1.807, 2.05) is 4.68 Å². The summed E-state index contributed by atoms with van der Waals surface area (Å²) in [5.74, 6) is 1.07. The molecule has 1 aliphatic heterocycles. The summed E-state index contributed by atoms with van der Waals surface area (Å²) >= 11 is 0. The lowest BCUT2D eigenvalue weighted by atomic mass is 9.90. The molecule has 0 radical (unpaired) electrons. The van der Waals surface area contributed by atoms with Gasteiger partial charge in [0.25, 0.3) is 0 Å². The van der Waals surface area contributed by atoms with Gasteiger partial charge in [-0.15, -0.1) is 0 Å². The molecule has 5 nitrogen and oxygen atoms in total. The number of aromatic nitrogens is 3. The monoisotopic (exact) mass is 280 g/mol. The van der Waals surface area contributed by atoms with Gasteiger partial charge < -0.3 is 10.1 Å². The summed E-state index contributed by atoms with van der Waals surface area (Å²) in [6, 6.07) is 0.310. The first-order chi connectivity index (χ1) is 9.69. The van der Waals surface area contributed by atoms with Crippen LogP contribution in [0.25, 0.3) is 0 Å². The molecule has 2 atom stereocenters. The topological polar surface area (TPSA) is 52.0 Å². The first kappa shape index (κ1) is 15.4. The molecule has 2 unspecified atom stereocenters. The van der Waals surface area contributed by atoms with Gasteiger partial charge >= 0.3 is 0 Å². The molecule has 1 aromatic rings. The molecular formula is C15H28N4O. The van der Waals surface area contributed by atoms with E-state index in [-0.39, 0.29) is 5.60 Å². The maximum Gasteiger partial charge on any atom is 0.138 e. The fourth-order valence-electron chi connectivity index (χ4n) is 2.93. The second-order valence-corrected chi connectivity index (χ2v) is 5.87. The van der Waals surface area contributed by atoms with Crippen molar-refractivity contribution in [1.82, 2.24) is 20.1 Å². The van der Waals surface area contributed by atoms with Gasteiger partial charge in [0, 0.05) is 25.6 Å². The molecule has 20 heavy (non-hydrogen) atoms. The Kier molecular flexibility index (Phi) is 5.54. The fourth-order valence-corrected chi connectivity index (χ4v) is 2.93. The molecule has 0 aromatic carbocycles. The summed E-state index contributed by atoms with van der Waals surface area (Å²) < 4.78 is 8.06. The lowest BCUT2D eigenvalue weighted by molar-refractivity contribution is -0.0121. The van der Waals surface area contributed by atoms with Crippen LogP contribution in [0.4, 0.5) is 0 Å². The lowest BCUT2D eigenvalue weighted by Crippen LogP contribution is -2.50. The van der Waals surface area contributed by atoms with E-state index in [4.69, 9.17) is 4.74 Å². The third-order valence-electron chi connectivity index (χ3n) is 4.15. The Morgan fingerprint density at radius 1 is 1.45 bits per heavy atom. The summed E-state index contributed by atoms with van der Waals surface area (Å²) in [5.41, 5.74) is -0.0713. The van der Waals surface area contributed by atoms with Crippen molar-refractivity contribution in [2.45, 2.75) is 71.1 Å². The number of aryl methyl sites for hydroxylation is 1. The Morgan fingerprint density at radius 2 is 2.30 bits per heavy atom. The molecule has 1 saturated heterocycles. The number of nitrogens with zero attached hydrogens (tertiary/aromatic N) is 3. The van der Waals surface area contributed by atoms with Crippen LogP contribution in [-0.2, 0) is 17.7 Å². The highest BCUT2D eigenvalue weighted by Crippen LogP contribution is 2.30. The van der Waals surface area contributed by atoms with E-state index < -0.39 is 0 Å². The predicted octanol–water partition coefficient (Wildman–Crippen LogP) is 2.17. The van der Waals surface area contributed by atoms with Gasteiger partial charge in [0.1, 0.15) is 12.2 Å². The van der Waals surface area contributed by atoms with Gasteiger partial charge in [-0.3, -0.25) is 4.68 Å². The molecule has 2 heterocycles. The Hall–Kier alpha value is -0.940.